The Morgan fingerprint density at radius 2 is 0.783 bits per heavy atom. The zero-order valence-corrected chi connectivity index (χ0v) is 26.9. The maximum absolute atomic E-state index is 10.9. The van der Waals surface area contributed by atoms with Gasteiger partial charge in [-0.25, -0.2) is 0 Å². The van der Waals surface area contributed by atoms with Crippen LogP contribution in [0, 0.1) is 10.1 Å². The van der Waals surface area contributed by atoms with Crippen LogP contribution in [0.1, 0.15) is 6.42 Å². The Labute approximate surface area is 270 Å². The lowest BCUT2D eigenvalue weighted by molar-refractivity contribution is -0.384. The molecule has 0 heterocycles. The van der Waals surface area contributed by atoms with E-state index in [1.54, 1.807) is 12.1 Å². The molecule has 0 saturated heterocycles. The topological polar surface area (TPSA) is 171 Å². The number of esters is 1. The Bertz CT molecular complexity index is 831. The summed E-state index contributed by atoms with van der Waals surface area (Å²) in [6, 6.07) is 5.90. The molecule has 0 fully saturated rings. The van der Waals surface area contributed by atoms with Crippen molar-refractivity contribution in [2.45, 2.75) is 6.42 Å². The summed E-state index contributed by atoms with van der Waals surface area (Å²) in [7, 11) is 1.35. The summed E-state index contributed by atoms with van der Waals surface area (Å²) >= 11 is 0. The van der Waals surface area contributed by atoms with Gasteiger partial charge in [-0.2, -0.15) is 0 Å². The fourth-order valence-corrected chi connectivity index (χ4v) is 3.22. The van der Waals surface area contributed by atoms with Gasteiger partial charge in [-0.3, -0.25) is 14.9 Å². The van der Waals surface area contributed by atoms with Crippen molar-refractivity contribution in [2.75, 3.05) is 146 Å². The van der Waals surface area contributed by atoms with Gasteiger partial charge in [0.1, 0.15) is 12.4 Å². The lowest BCUT2D eigenvalue weighted by Gasteiger charge is -2.09. The van der Waals surface area contributed by atoms with Gasteiger partial charge >= 0.3 is 5.97 Å². The van der Waals surface area contributed by atoms with Gasteiger partial charge in [0, 0.05) is 12.1 Å². The fraction of sp³-hybridized carbons (Fsp3) is 0.767. The summed E-state index contributed by atoms with van der Waals surface area (Å²) in [5, 5.41) is 10.6. The third-order valence-electron chi connectivity index (χ3n) is 5.57. The Hall–Kier alpha value is -2.51. The minimum atomic E-state index is -0.455. The first-order valence-electron chi connectivity index (χ1n) is 15.3. The Kier molecular flexibility index (Phi) is 29.3. The molecule has 46 heavy (non-hydrogen) atoms. The van der Waals surface area contributed by atoms with Crippen LogP contribution >= 0.6 is 0 Å². The second-order valence-corrected chi connectivity index (χ2v) is 9.05. The maximum Gasteiger partial charge on any atom is 0.307 e. The molecule has 1 aromatic carbocycles. The molecule has 1 rings (SSSR count). The van der Waals surface area contributed by atoms with Crippen molar-refractivity contribution in [3.8, 4) is 5.75 Å². The summed E-state index contributed by atoms with van der Waals surface area (Å²) in [4.78, 5) is 21.1. The van der Waals surface area contributed by atoms with Gasteiger partial charge in [-0.15, -0.1) is 0 Å². The number of rotatable bonds is 35. The number of non-ortho nitro benzene ring substituents is 1. The molecule has 0 saturated carbocycles. The second-order valence-electron chi connectivity index (χ2n) is 9.05. The van der Waals surface area contributed by atoms with Crippen LogP contribution in [0.3, 0.4) is 0 Å². The first-order valence-corrected chi connectivity index (χ1v) is 15.3. The molecular weight excluding hydrogens is 614 g/mol. The summed E-state index contributed by atoms with van der Waals surface area (Å²) < 4.78 is 64.1. The monoisotopic (exact) mass is 665 g/mol. The van der Waals surface area contributed by atoms with E-state index in [0.717, 1.165) is 0 Å². The second kappa shape index (κ2) is 32.4. The molecule has 16 nitrogen and oxygen atoms in total. The van der Waals surface area contributed by atoms with Crippen molar-refractivity contribution < 1.29 is 66.6 Å². The normalized spacial score (nSPS) is 11.2. The minimum Gasteiger partial charge on any atom is -0.491 e. The predicted molar refractivity (Wildman–Crippen MR) is 163 cm³/mol. The summed E-state index contributed by atoms with van der Waals surface area (Å²) in [6.45, 7) is 9.41. The van der Waals surface area contributed by atoms with Gasteiger partial charge in [-0.1, -0.05) is 0 Å². The number of hydrogen-bond acceptors (Lipinski definition) is 15. The molecule has 0 amide bonds. The lowest BCUT2D eigenvalue weighted by Crippen LogP contribution is -2.15. The van der Waals surface area contributed by atoms with E-state index >= 15 is 0 Å². The zero-order chi connectivity index (χ0) is 33.2. The van der Waals surface area contributed by atoms with Crippen LogP contribution in [0.2, 0.25) is 0 Å². The fourth-order valence-electron chi connectivity index (χ4n) is 3.22. The number of carbonyl (C=O) groups excluding carboxylic acids is 1. The first-order chi connectivity index (χ1) is 22.6. The van der Waals surface area contributed by atoms with E-state index in [9.17, 15) is 14.9 Å². The van der Waals surface area contributed by atoms with Crippen LogP contribution in [0.5, 0.6) is 5.75 Å². The quantitative estimate of drug-likeness (QED) is 0.0444. The third kappa shape index (κ3) is 27.8. The molecular formula is C30H51NO15. The summed E-state index contributed by atoms with van der Waals surface area (Å²) in [5.41, 5.74) is 0.0223. The van der Waals surface area contributed by atoms with Crippen LogP contribution in [0.15, 0.2) is 24.3 Å². The Balaban J connectivity index is 1.66. The highest BCUT2D eigenvalue weighted by atomic mass is 16.6. The van der Waals surface area contributed by atoms with Gasteiger partial charge in [0.05, 0.1) is 151 Å². The maximum atomic E-state index is 10.9. The van der Waals surface area contributed by atoms with Gasteiger partial charge < -0.3 is 56.8 Å². The number of nitro benzene ring substituents is 1. The van der Waals surface area contributed by atoms with Crippen LogP contribution in [-0.2, 0) is 56.9 Å². The van der Waals surface area contributed by atoms with Crippen molar-refractivity contribution in [2.24, 2.45) is 0 Å². The molecule has 0 atom stereocenters. The number of methoxy groups -OCH3 is 1. The minimum absolute atomic E-state index is 0.0223. The van der Waals surface area contributed by atoms with Gasteiger partial charge in [-0.05, 0) is 12.1 Å². The number of hydrogen-bond donors (Lipinski definition) is 0. The number of carbonyl (C=O) groups is 1. The van der Waals surface area contributed by atoms with Crippen LogP contribution in [0.4, 0.5) is 5.69 Å². The smallest absolute Gasteiger partial charge is 0.307 e. The largest absolute Gasteiger partial charge is 0.491 e. The number of nitrogens with zero attached hydrogens (tertiary/aromatic N) is 1. The molecule has 0 bridgehead atoms. The van der Waals surface area contributed by atoms with E-state index in [1.807, 2.05) is 0 Å². The molecule has 0 radical (unpaired) electrons. The highest BCUT2D eigenvalue weighted by Gasteiger charge is 2.04. The average molecular weight is 666 g/mol. The van der Waals surface area contributed by atoms with E-state index in [1.165, 1.54) is 19.2 Å². The molecule has 1 aromatic rings. The lowest BCUT2D eigenvalue weighted by atomic mass is 10.3. The average Bonchev–Trinajstić information content (AvgIpc) is 3.06. The molecule has 0 aromatic heterocycles. The predicted octanol–water partition coefficient (Wildman–Crippen LogP) is 1.70. The molecule has 0 aliphatic carbocycles. The molecule has 0 aliphatic heterocycles. The molecule has 0 unspecified atom stereocenters. The Morgan fingerprint density at radius 3 is 1.07 bits per heavy atom. The van der Waals surface area contributed by atoms with Crippen LogP contribution in [-0.4, -0.2) is 157 Å². The molecule has 16 heteroatoms. The molecule has 0 spiro atoms. The van der Waals surface area contributed by atoms with Crippen molar-refractivity contribution in [1.82, 2.24) is 0 Å². The molecule has 266 valence electrons. The van der Waals surface area contributed by atoms with Crippen LogP contribution in [0.25, 0.3) is 0 Å². The Morgan fingerprint density at radius 1 is 0.500 bits per heavy atom. The van der Waals surface area contributed by atoms with Crippen LogP contribution < -0.4 is 4.74 Å². The van der Waals surface area contributed by atoms with Crippen molar-refractivity contribution in [3.63, 3.8) is 0 Å². The van der Waals surface area contributed by atoms with Gasteiger partial charge in [0.25, 0.3) is 5.69 Å². The van der Waals surface area contributed by atoms with E-state index in [-0.39, 0.29) is 18.1 Å². The van der Waals surface area contributed by atoms with Crippen molar-refractivity contribution in [1.29, 1.82) is 0 Å². The number of benzene rings is 1. The SMILES string of the molecule is COC(=O)CCOCCOCCOCCOCCOCCOCCOCCOCCOCCOCCOc1ccc([N+](=O)[O-])cc1. The highest BCUT2D eigenvalue weighted by molar-refractivity contribution is 5.69. The van der Waals surface area contributed by atoms with Gasteiger partial charge in [0.2, 0.25) is 0 Å². The van der Waals surface area contributed by atoms with E-state index < -0.39 is 4.92 Å². The number of ether oxygens (including phenoxy) is 12. The van der Waals surface area contributed by atoms with E-state index in [0.29, 0.717) is 144 Å². The third-order valence-corrected chi connectivity index (χ3v) is 5.57. The van der Waals surface area contributed by atoms with E-state index in [2.05, 4.69) is 4.74 Å². The van der Waals surface area contributed by atoms with Gasteiger partial charge in [0.15, 0.2) is 0 Å². The van der Waals surface area contributed by atoms with E-state index in [4.69, 9.17) is 52.1 Å². The molecule has 0 aliphatic rings. The summed E-state index contributed by atoms with van der Waals surface area (Å²) in [5.74, 6) is 0.260. The summed E-state index contributed by atoms with van der Waals surface area (Å²) in [6.07, 6.45) is 0.238. The zero-order valence-electron chi connectivity index (χ0n) is 26.9. The van der Waals surface area contributed by atoms with Crippen molar-refractivity contribution >= 4 is 11.7 Å². The molecule has 0 N–H and O–H groups in total. The first kappa shape index (κ1) is 41.5. The highest BCUT2D eigenvalue weighted by Crippen LogP contribution is 2.17. The standard InChI is InChI=1S/C30H51NO15/c1-35-30(32)6-7-36-8-9-37-10-11-38-12-13-39-14-15-40-16-17-41-18-19-42-20-21-43-22-23-44-24-25-45-26-27-46-29-4-2-28(3-5-29)31(33)34/h2-5H,6-27H2,1H3. The number of nitro groups is 1. The van der Waals surface area contributed by atoms with Crippen molar-refractivity contribution in [3.05, 3.63) is 34.4 Å².